The van der Waals surface area contributed by atoms with Gasteiger partial charge in [0.15, 0.2) is 0 Å². The zero-order chi connectivity index (χ0) is 15.2. The van der Waals surface area contributed by atoms with Crippen molar-refractivity contribution in [3.63, 3.8) is 0 Å². The molecule has 2 heterocycles. The SMILES string of the molecule is CCCCNC(=O)C1CCN(C(=O)c2cc(N)n[nH]2)CC1. The summed E-state index contributed by atoms with van der Waals surface area (Å²) in [6.45, 7) is 4.01. The van der Waals surface area contributed by atoms with Gasteiger partial charge in [0.05, 0.1) is 0 Å². The second-order valence-corrected chi connectivity index (χ2v) is 5.42. The zero-order valence-electron chi connectivity index (χ0n) is 12.4. The van der Waals surface area contributed by atoms with Crippen LogP contribution in [0.5, 0.6) is 0 Å². The first-order valence-corrected chi connectivity index (χ1v) is 7.49. The Morgan fingerprint density at radius 1 is 1.48 bits per heavy atom. The standard InChI is InChI=1S/C14H23N5O2/c1-2-3-6-16-13(20)10-4-7-19(8-5-10)14(21)11-9-12(15)18-17-11/h9-10H,2-8H2,1H3,(H,16,20)(H3,15,17,18). The van der Waals surface area contributed by atoms with Gasteiger partial charge in [-0.3, -0.25) is 14.7 Å². The minimum atomic E-state index is -0.107. The van der Waals surface area contributed by atoms with Crippen molar-refractivity contribution >= 4 is 17.6 Å². The fourth-order valence-corrected chi connectivity index (χ4v) is 2.49. The topological polar surface area (TPSA) is 104 Å². The molecule has 21 heavy (non-hydrogen) atoms. The average molecular weight is 293 g/mol. The van der Waals surface area contributed by atoms with Crippen LogP contribution < -0.4 is 11.1 Å². The second-order valence-electron chi connectivity index (χ2n) is 5.42. The van der Waals surface area contributed by atoms with Crippen molar-refractivity contribution in [3.05, 3.63) is 11.8 Å². The van der Waals surface area contributed by atoms with E-state index in [-0.39, 0.29) is 17.7 Å². The quantitative estimate of drug-likeness (QED) is 0.697. The maximum Gasteiger partial charge on any atom is 0.271 e. The van der Waals surface area contributed by atoms with E-state index in [0.717, 1.165) is 19.4 Å². The Morgan fingerprint density at radius 3 is 2.76 bits per heavy atom. The third kappa shape index (κ3) is 3.96. The molecule has 0 atom stereocenters. The number of H-pyrrole nitrogens is 1. The number of rotatable bonds is 5. The molecular formula is C14H23N5O2. The van der Waals surface area contributed by atoms with Crippen LogP contribution in [0.1, 0.15) is 43.1 Å². The Hall–Kier alpha value is -2.05. The van der Waals surface area contributed by atoms with Gasteiger partial charge in [-0.15, -0.1) is 0 Å². The van der Waals surface area contributed by atoms with Crippen molar-refractivity contribution in [3.8, 4) is 0 Å². The van der Waals surface area contributed by atoms with E-state index in [9.17, 15) is 9.59 Å². The first-order valence-electron chi connectivity index (χ1n) is 7.49. The second kappa shape index (κ2) is 7.10. The summed E-state index contributed by atoms with van der Waals surface area (Å²) < 4.78 is 0. The van der Waals surface area contributed by atoms with Gasteiger partial charge >= 0.3 is 0 Å². The van der Waals surface area contributed by atoms with E-state index < -0.39 is 0 Å². The fraction of sp³-hybridized carbons (Fsp3) is 0.643. The average Bonchev–Trinajstić information content (AvgIpc) is 2.93. The number of aromatic nitrogens is 2. The van der Waals surface area contributed by atoms with Crippen LogP contribution in [0.2, 0.25) is 0 Å². The molecule has 1 fully saturated rings. The summed E-state index contributed by atoms with van der Waals surface area (Å²) in [5.74, 6) is 0.326. The number of nitrogens with one attached hydrogen (secondary N) is 2. The molecule has 1 aromatic rings. The number of amides is 2. The number of nitrogens with zero attached hydrogens (tertiary/aromatic N) is 2. The van der Waals surface area contributed by atoms with E-state index in [1.54, 1.807) is 4.90 Å². The molecule has 0 aromatic carbocycles. The summed E-state index contributed by atoms with van der Waals surface area (Å²) in [5, 5.41) is 9.34. The molecule has 2 amide bonds. The number of carbonyl (C=O) groups is 2. The highest BCUT2D eigenvalue weighted by Crippen LogP contribution is 2.19. The molecule has 116 valence electrons. The van der Waals surface area contributed by atoms with Crippen LogP contribution in [-0.2, 0) is 4.79 Å². The van der Waals surface area contributed by atoms with E-state index in [0.29, 0.717) is 37.4 Å². The van der Waals surface area contributed by atoms with Gasteiger partial charge in [-0.2, -0.15) is 5.10 Å². The largest absolute Gasteiger partial charge is 0.382 e. The highest BCUT2D eigenvalue weighted by atomic mass is 16.2. The molecule has 2 rings (SSSR count). The van der Waals surface area contributed by atoms with E-state index >= 15 is 0 Å². The third-order valence-electron chi connectivity index (χ3n) is 3.81. The number of carbonyl (C=O) groups excluding carboxylic acids is 2. The van der Waals surface area contributed by atoms with Gasteiger partial charge in [-0.05, 0) is 19.3 Å². The van der Waals surface area contributed by atoms with E-state index in [4.69, 9.17) is 5.73 Å². The number of hydrogen-bond donors (Lipinski definition) is 3. The molecule has 4 N–H and O–H groups in total. The number of likely N-dealkylation sites (tertiary alicyclic amines) is 1. The summed E-state index contributed by atoms with van der Waals surface area (Å²) in [5.41, 5.74) is 5.90. The summed E-state index contributed by atoms with van der Waals surface area (Å²) >= 11 is 0. The van der Waals surface area contributed by atoms with Crippen LogP contribution in [0.25, 0.3) is 0 Å². The number of nitrogen functional groups attached to an aromatic ring is 1. The number of hydrogen-bond acceptors (Lipinski definition) is 4. The smallest absolute Gasteiger partial charge is 0.271 e. The van der Waals surface area contributed by atoms with Crippen LogP contribution in [0.15, 0.2) is 6.07 Å². The molecule has 0 spiro atoms. The van der Waals surface area contributed by atoms with Gasteiger partial charge in [0, 0.05) is 31.6 Å². The Bertz CT molecular complexity index is 491. The lowest BCUT2D eigenvalue weighted by Crippen LogP contribution is -2.43. The van der Waals surface area contributed by atoms with Crippen molar-refractivity contribution in [1.29, 1.82) is 0 Å². The molecule has 1 saturated heterocycles. The van der Waals surface area contributed by atoms with Crippen molar-refractivity contribution in [2.24, 2.45) is 5.92 Å². The van der Waals surface area contributed by atoms with Gasteiger partial charge in [-0.25, -0.2) is 0 Å². The predicted octanol–water partition coefficient (Wildman–Crippen LogP) is 0.760. The molecule has 0 bridgehead atoms. The molecule has 0 unspecified atom stereocenters. The normalized spacial score (nSPS) is 16.0. The monoisotopic (exact) mass is 293 g/mol. The van der Waals surface area contributed by atoms with Gasteiger partial charge in [0.25, 0.3) is 5.91 Å². The third-order valence-corrected chi connectivity index (χ3v) is 3.81. The lowest BCUT2D eigenvalue weighted by molar-refractivity contribution is -0.126. The Balaban J connectivity index is 1.80. The molecule has 1 aliphatic heterocycles. The van der Waals surface area contributed by atoms with Crippen LogP contribution in [0.4, 0.5) is 5.82 Å². The minimum Gasteiger partial charge on any atom is -0.382 e. The predicted molar refractivity (Wildman–Crippen MR) is 79.5 cm³/mol. The Morgan fingerprint density at radius 2 is 2.19 bits per heavy atom. The first kappa shape index (κ1) is 15.3. The molecule has 0 aliphatic carbocycles. The maximum atomic E-state index is 12.2. The fourth-order valence-electron chi connectivity index (χ4n) is 2.49. The van der Waals surface area contributed by atoms with Crippen molar-refractivity contribution < 1.29 is 9.59 Å². The van der Waals surface area contributed by atoms with Gasteiger partial charge in [0.2, 0.25) is 5.91 Å². The number of aromatic amines is 1. The van der Waals surface area contributed by atoms with E-state index in [2.05, 4.69) is 22.4 Å². The molecule has 0 radical (unpaired) electrons. The lowest BCUT2D eigenvalue weighted by Gasteiger charge is -2.31. The summed E-state index contributed by atoms with van der Waals surface area (Å²) in [7, 11) is 0. The molecule has 0 saturated carbocycles. The van der Waals surface area contributed by atoms with Crippen molar-refractivity contribution in [2.45, 2.75) is 32.6 Å². The maximum absolute atomic E-state index is 12.2. The molecular weight excluding hydrogens is 270 g/mol. The van der Waals surface area contributed by atoms with Crippen LogP contribution in [0.3, 0.4) is 0 Å². The van der Waals surface area contributed by atoms with Crippen LogP contribution >= 0.6 is 0 Å². The number of piperidine rings is 1. The molecule has 1 aliphatic rings. The number of anilines is 1. The number of nitrogens with two attached hydrogens (primary N) is 1. The molecule has 7 nitrogen and oxygen atoms in total. The zero-order valence-corrected chi connectivity index (χ0v) is 12.4. The van der Waals surface area contributed by atoms with Crippen molar-refractivity contribution in [1.82, 2.24) is 20.4 Å². The van der Waals surface area contributed by atoms with E-state index in [1.807, 2.05) is 0 Å². The highest BCUT2D eigenvalue weighted by molar-refractivity contribution is 5.93. The summed E-state index contributed by atoms with van der Waals surface area (Å²) in [4.78, 5) is 25.9. The Kier molecular flexibility index (Phi) is 5.19. The van der Waals surface area contributed by atoms with E-state index in [1.165, 1.54) is 6.07 Å². The summed E-state index contributed by atoms with van der Waals surface area (Å²) in [6, 6.07) is 1.53. The highest BCUT2D eigenvalue weighted by Gasteiger charge is 2.28. The van der Waals surface area contributed by atoms with Gasteiger partial charge in [-0.1, -0.05) is 13.3 Å². The molecule has 1 aromatic heterocycles. The minimum absolute atomic E-state index is 0.0118. The van der Waals surface area contributed by atoms with Crippen molar-refractivity contribution in [2.75, 3.05) is 25.4 Å². The number of unbranched alkanes of at least 4 members (excludes halogenated alkanes) is 1. The Labute approximate surface area is 124 Å². The van der Waals surface area contributed by atoms with Gasteiger partial charge in [0.1, 0.15) is 11.5 Å². The molecule has 7 heteroatoms. The summed E-state index contributed by atoms with van der Waals surface area (Å²) in [6.07, 6.45) is 3.48. The first-order chi connectivity index (χ1) is 10.1. The lowest BCUT2D eigenvalue weighted by atomic mass is 9.95. The van der Waals surface area contributed by atoms with Crippen LogP contribution in [0, 0.1) is 5.92 Å². The van der Waals surface area contributed by atoms with Gasteiger partial charge < -0.3 is 16.0 Å². The van der Waals surface area contributed by atoms with Crippen LogP contribution in [-0.4, -0.2) is 46.5 Å².